The minimum atomic E-state index is -0.171. The number of benzene rings is 1. The largest absolute Gasteiger partial charge is 0.410 e. The summed E-state index contributed by atoms with van der Waals surface area (Å²) in [4.78, 5) is 35.9. The van der Waals surface area contributed by atoms with Crippen LogP contribution in [0.4, 0.5) is 0 Å². The molecule has 1 saturated carbocycles. The molecular formula is C30H45N3O3. The summed E-state index contributed by atoms with van der Waals surface area (Å²) < 4.78 is 1.37. The van der Waals surface area contributed by atoms with Crippen molar-refractivity contribution in [3.8, 4) is 0 Å². The van der Waals surface area contributed by atoms with Crippen LogP contribution in [0.2, 0.25) is 0 Å². The number of likely N-dealkylation sites (N-methyl/N-ethyl adjacent to an activating group) is 1. The van der Waals surface area contributed by atoms with Gasteiger partial charge in [0.15, 0.2) is 0 Å². The minimum Gasteiger partial charge on any atom is -0.410 e. The second-order valence-corrected chi connectivity index (χ2v) is 10.0. The lowest BCUT2D eigenvalue weighted by molar-refractivity contribution is -0.132. The molecule has 1 aromatic carbocycles. The molecule has 1 aliphatic carbocycles. The first-order chi connectivity index (χ1) is 17.6. The van der Waals surface area contributed by atoms with Crippen molar-refractivity contribution >= 4 is 16.8 Å². The summed E-state index contributed by atoms with van der Waals surface area (Å²) in [6.07, 6.45) is 13.0. The van der Waals surface area contributed by atoms with Crippen LogP contribution in [-0.2, 0) is 4.79 Å². The maximum absolute atomic E-state index is 13.3. The van der Waals surface area contributed by atoms with Crippen LogP contribution in [0.3, 0.4) is 0 Å². The second kappa shape index (κ2) is 15.5. The Morgan fingerprint density at radius 1 is 1.06 bits per heavy atom. The maximum Gasteiger partial charge on any atom is 0.283 e. The highest BCUT2D eigenvalue weighted by molar-refractivity contribution is 5.78. The maximum atomic E-state index is 13.3. The molecule has 0 spiro atoms. The van der Waals surface area contributed by atoms with Crippen molar-refractivity contribution in [2.24, 2.45) is 5.92 Å². The number of pyridine rings is 1. The van der Waals surface area contributed by atoms with Crippen molar-refractivity contribution in [3.05, 3.63) is 59.4 Å². The second-order valence-electron chi connectivity index (χ2n) is 10.0. The summed E-state index contributed by atoms with van der Waals surface area (Å²) >= 11 is 0. The van der Waals surface area contributed by atoms with Crippen LogP contribution in [0.1, 0.15) is 71.1 Å². The predicted octanol–water partition coefficient (Wildman–Crippen LogP) is 5.30. The number of aromatic nitrogens is 1. The molecule has 1 aliphatic rings. The highest BCUT2D eigenvalue weighted by Gasteiger charge is 2.20. The fourth-order valence-electron chi connectivity index (χ4n) is 5.16. The number of nitrogens with zero attached hydrogens (tertiary/aromatic N) is 3. The minimum absolute atomic E-state index is 0.171. The van der Waals surface area contributed by atoms with Crippen molar-refractivity contribution in [2.75, 3.05) is 39.3 Å². The zero-order valence-electron chi connectivity index (χ0n) is 22.2. The Morgan fingerprint density at radius 2 is 1.81 bits per heavy atom. The first-order valence-electron chi connectivity index (χ1n) is 14.0. The van der Waals surface area contributed by atoms with E-state index in [0.29, 0.717) is 18.9 Å². The predicted molar refractivity (Wildman–Crippen MR) is 148 cm³/mol. The molecule has 0 bridgehead atoms. The molecular weight excluding hydrogens is 450 g/mol. The van der Waals surface area contributed by atoms with Gasteiger partial charge in [-0.1, -0.05) is 63.3 Å². The van der Waals surface area contributed by atoms with E-state index in [4.69, 9.17) is 4.84 Å². The number of amides is 1. The van der Waals surface area contributed by atoms with Crippen LogP contribution >= 0.6 is 0 Å². The van der Waals surface area contributed by atoms with Gasteiger partial charge in [0.25, 0.3) is 5.56 Å². The molecule has 0 radical (unpaired) electrons. The van der Waals surface area contributed by atoms with E-state index < -0.39 is 0 Å². The quantitative estimate of drug-likeness (QED) is 0.264. The topological polar surface area (TPSA) is 54.8 Å². The summed E-state index contributed by atoms with van der Waals surface area (Å²) in [6.45, 7) is 10.8. The Hall–Kier alpha value is -2.60. The number of rotatable bonds is 14. The summed E-state index contributed by atoms with van der Waals surface area (Å²) in [5, 5.41) is 0.967. The standard InChI is InChI=1S/C30H45N3O3/c1-3-21-31(4-2)22-23-32(25-26-14-8-6-5-7-9-15-26)29(34)18-12-13-24-36-33-28-17-11-10-16-27(28)19-20-30(33)35/h3,10-11,16-17,19-20,26H,1,4-9,12-15,18,21-25H2,2H3. The van der Waals surface area contributed by atoms with Crippen LogP contribution < -0.4 is 10.4 Å². The van der Waals surface area contributed by atoms with E-state index in [0.717, 1.165) is 56.5 Å². The Labute approximate surface area is 216 Å². The van der Waals surface area contributed by atoms with Gasteiger partial charge in [-0.05, 0) is 50.3 Å². The van der Waals surface area contributed by atoms with Gasteiger partial charge in [-0.2, -0.15) is 0 Å². The fraction of sp³-hybridized carbons (Fsp3) is 0.600. The van der Waals surface area contributed by atoms with Crippen LogP contribution in [-0.4, -0.2) is 59.8 Å². The highest BCUT2D eigenvalue weighted by atomic mass is 16.7. The molecule has 0 saturated heterocycles. The lowest BCUT2D eigenvalue weighted by Crippen LogP contribution is -2.41. The van der Waals surface area contributed by atoms with Gasteiger partial charge in [-0.25, -0.2) is 0 Å². The van der Waals surface area contributed by atoms with E-state index in [1.165, 1.54) is 55.7 Å². The van der Waals surface area contributed by atoms with Gasteiger partial charge < -0.3 is 9.74 Å². The van der Waals surface area contributed by atoms with Crippen LogP contribution in [0.15, 0.2) is 53.8 Å². The molecule has 2 aromatic rings. The first-order valence-corrected chi connectivity index (χ1v) is 14.0. The molecule has 3 rings (SSSR count). The van der Waals surface area contributed by atoms with E-state index in [-0.39, 0.29) is 11.5 Å². The number of hydrogen-bond donors (Lipinski definition) is 0. The molecule has 198 valence electrons. The monoisotopic (exact) mass is 495 g/mol. The third-order valence-corrected chi connectivity index (χ3v) is 7.34. The highest BCUT2D eigenvalue weighted by Crippen LogP contribution is 2.23. The molecule has 0 N–H and O–H groups in total. The van der Waals surface area contributed by atoms with E-state index >= 15 is 0 Å². The summed E-state index contributed by atoms with van der Waals surface area (Å²) in [7, 11) is 0. The lowest BCUT2D eigenvalue weighted by atomic mass is 9.90. The number of carbonyl (C=O) groups is 1. The number of para-hydroxylation sites is 1. The molecule has 1 amide bonds. The molecule has 1 aromatic heterocycles. The molecule has 0 unspecified atom stereocenters. The van der Waals surface area contributed by atoms with E-state index in [2.05, 4.69) is 23.3 Å². The Morgan fingerprint density at radius 3 is 2.56 bits per heavy atom. The summed E-state index contributed by atoms with van der Waals surface area (Å²) in [5.41, 5.74) is 0.599. The lowest BCUT2D eigenvalue weighted by Gasteiger charge is -2.31. The van der Waals surface area contributed by atoms with Crippen molar-refractivity contribution in [1.29, 1.82) is 0 Å². The van der Waals surface area contributed by atoms with E-state index in [1.54, 1.807) is 0 Å². The van der Waals surface area contributed by atoms with E-state index in [1.807, 2.05) is 36.4 Å². The number of hydrogen-bond acceptors (Lipinski definition) is 4. The number of unbranched alkanes of at least 4 members (excludes halogenated alkanes) is 1. The van der Waals surface area contributed by atoms with Crippen molar-refractivity contribution in [2.45, 2.75) is 71.1 Å². The van der Waals surface area contributed by atoms with Gasteiger partial charge in [-0.3, -0.25) is 14.5 Å². The Balaban J connectivity index is 1.51. The average Bonchev–Trinajstić information content (AvgIpc) is 2.87. The van der Waals surface area contributed by atoms with Gasteiger partial charge in [-0.15, -0.1) is 11.3 Å². The zero-order chi connectivity index (χ0) is 25.6. The molecule has 1 fully saturated rings. The number of carbonyl (C=O) groups excluding carboxylic acids is 1. The average molecular weight is 496 g/mol. The molecule has 6 heteroatoms. The smallest absolute Gasteiger partial charge is 0.283 e. The first kappa shape index (κ1) is 28.0. The third kappa shape index (κ3) is 8.81. The normalized spacial score (nSPS) is 14.9. The van der Waals surface area contributed by atoms with E-state index in [9.17, 15) is 9.59 Å². The molecule has 6 nitrogen and oxygen atoms in total. The van der Waals surface area contributed by atoms with Gasteiger partial charge in [0.2, 0.25) is 5.91 Å². The molecule has 0 aliphatic heterocycles. The number of fused-ring (bicyclic) bond motifs is 1. The third-order valence-electron chi connectivity index (χ3n) is 7.34. The van der Waals surface area contributed by atoms with Crippen LogP contribution in [0, 0.1) is 5.92 Å². The van der Waals surface area contributed by atoms with Crippen LogP contribution in [0.5, 0.6) is 0 Å². The van der Waals surface area contributed by atoms with Crippen molar-refractivity contribution in [3.63, 3.8) is 0 Å². The Bertz CT molecular complexity index is 994. The fourth-order valence-corrected chi connectivity index (χ4v) is 5.16. The van der Waals surface area contributed by atoms with Gasteiger partial charge in [0.05, 0.1) is 5.52 Å². The van der Waals surface area contributed by atoms with Crippen molar-refractivity contribution < 1.29 is 9.63 Å². The molecule has 36 heavy (non-hydrogen) atoms. The van der Waals surface area contributed by atoms with Gasteiger partial charge in [0.1, 0.15) is 6.61 Å². The molecule has 1 heterocycles. The molecule has 0 atom stereocenters. The summed E-state index contributed by atoms with van der Waals surface area (Å²) in [5.74, 6) is 0.861. The Kier molecular flexibility index (Phi) is 12.0. The van der Waals surface area contributed by atoms with Crippen molar-refractivity contribution in [1.82, 2.24) is 14.5 Å². The van der Waals surface area contributed by atoms with Gasteiger partial charge >= 0.3 is 0 Å². The summed E-state index contributed by atoms with van der Waals surface area (Å²) in [6, 6.07) is 11.1. The SMILES string of the molecule is C=CCN(CC)CCN(CC1CCCCCCC1)C(=O)CCCCOn1c(=O)ccc2ccccc21. The van der Waals surface area contributed by atoms with Gasteiger partial charge in [0, 0.05) is 44.1 Å². The van der Waals surface area contributed by atoms with Crippen LogP contribution in [0.25, 0.3) is 10.9 Å². The zero-order valence-corrected chi connectivity index (χ0v) is 22.2.